The van der Waals surface area contributed by atoms with Gasteiger partial charge in [-0.1, -0.05) is 51.2 Å². The predicted molar refractivity (Wildman–Crippen MR) is 93.0 cm³/mol. The molecule has 3 nitrogen and oxygen atoms in total. The smallest absolute Gasteiger partial charge is 0.222 e. The first-order valence-corrected chi connectivity index (χ1v) is 9.23. The zero-order valence-electron chi connectivity index (χ0n) is 14.7. The Morgan fingerprint density at radius 2 is 1.86 bits per heavy atom. The van der Waals surface area contributed by atoms with E-state index >= 15 is 0 Å². The van der Waals surface area contributed by atoms with Crippen molar-refractivity contribution in [3.8, 4) is 0 Å². The van der Waals surface area contributed by atoms with Crippen molar-refractivity contribution >= 4 is 5.91 Å². The molecule has 0 aromatic carbocycles. The van der Waals surface area contributed by atoms with Gasteiger partial charge < -0.3 is 9.64 Å². The largest absolute Gasteiger partial charge is 0.381 e. The maximum Gasteiger partial charge on any atom is 0.222 e. The second-order valence-corrected chi connectivity index (χ2v) is 6.39. The van der Waals surface area contributed by atoms with Gasteiger partial charge in [-0.2, -0.15) is 0 Å². The van der Waals surface area contributed by atoms with Crippen molar-refractivity contribution < 1.29 is 9.53 Å². The summed E-state index contributed by atoms with van der Waals surface area (Å²) in [4.78, 5) is 13.9. The van der Waals surface area contributed by atoms with Crippen LogP contribution in [0.1, 0.15) is 77.6 Å². The van der Waals surface area contributed by atoms with E-state index in [1.165, 1.54) is 44.9 Å². The van der Waals surface area contributed by atoms with Crippen LogP contribution in [-0.2, 0) is 9.53 Å². The number of amides is 1. The summed E-state index contributed by atoms with van der Waals surface area (Å²) in [7, 11) is 1.81. The molecular weight excluding hydrogens is 274 g/mol. The fraction of sp³-hybridized carbons (Fsp3) is 0.842. The van der Waals surface area contributed by atoms with Gasteiger partial charge in [-0.05, 0) is 32.1 Å². The predicted octanol–water partition coefficient (Wildman–Crippen LogP) is 4.71. The third-order valence-corrected chi connectivity index (χ3v) is 4.51. The summed E-state index contributed by atoms with van der Waals surface area (Å²) in [5, 5.41) is 0. The van der Waals surface area contributed by atoms with Crippen LogP contribution in [-0.4, -0.2) is 37.1 Å². The van der Waals surface area contributed by atoms with E-state index in [0.29, 0.717) is 18.4 Å². The van der Waals surface area contributed by atoms with Crippen LogP contribution in [0, 0.1) is 0 Å². The number of unbranched alkanes of at least 4 members (excludes halogenated alkanes) is 4. The minimum absolute atomic E-state index is 0.321. The fourth-order valence-corrected chi connectivity index (χ4v) is 3.00. The van der Waals surface area contributed by atoms with E-state index in [4.69, 9.17) is 4.74 Å². The Morgan fingerprint density at radius 3 is 2.55 bits per heavy atom. The number of carbonyl (C=O) groups is 1. The minimum Gasteiger partial charge on any atom is -0.381 e. The monoisotopic (exact) mass is 309 g/mol. The Hall–Kier alpha value is -0.830. The van der Waals surface area contributed by atoms with Crippen molar-refractivity contribution in [3.63, 3.8) is 0 Å². The van der Waals surface area contributed by atoms with Gasteiger partial charge in [0.25, 0.3) is 0 Å². The van der Waals surface area contributed by atoms with Gasteiger partial charge in [0, 0.05) is 26.6 Å². The number of methoxy groups -OCH3 is 1. The molecule has 1 saturated heterocycles. The van der Waals surface area contributed by atoms with Gasteiger partial charge in [0.05, 0.1) is 6.10 Å². The SMILES string of the molecule is CCCCCCC[C@@H](C/C=C/CCC(=O)N1CCCC1)OC. The number of nitrogens with zero attached hydrogens (tertiary/aromatic N) is 1. The third kappa shape index (κ3) is 8.57. The molecule has 0 bridgehead atoms. The highest BCUT2D eigenvalue weighted by atomic mass is 16.5. The Bertz CT molecular complexity index is 309. The summed E-state index contributed by atoms with van der Waals surface area (Å²) in [5.41, 5.74) is 0. The molecule has 0 aromatic heterocycles. The average molecular weight is 309 g/mol. The lowest BCUT2D eigenvalue weighted by molar-refractivity contribution is -0.130. The summed E-state index contributed by atoms with van der Waals surface area (Å²) < 4.78 is 5.54. The standard InChI is InChI=1S/C19H35NO2/c1-3-4-5-6-8-13-18(22-2)14-9-7-10-15-19(21)20-16-11-12-17-20/h7,9,18H,3-6,8,10-17H2,1-2H3/b9-7+/t18-/m0/s1. The lowest BCUT2D eigenvalue weighted by Gasteiger charge is -2.14. The number of rotatable bonds is 12. The van der Waals surface area contributed by atoms with E-state index in [9.17, 15) is 4.79 Å². The molecule has 1 atom stereocenters. The summed E-state index contributed by atoms with van der Waals surface area (Å²) in [6, 6.07) is 0. The van der Waals surface area contributed by atoms with Crippen molar-refractivity contribution in [3.05, 3.63) is 12.2 Å². The highest BCUT2D eigenvalue weighted by Crippen LogP contribution is 2.13. The highest BCUT2D eigenvalue weighted by Gasteiger charge is 2.16. The molecule has 1 aliphatic rings. The molecule has 128 valence electrons. The van der Waals surface area contributed by atoms with Crippen molar-refractivity contribution in [1.82, 2.24) is 4.90 Å². The number of carbonyl (C=O) groups excluding carboxylic acids is 1. The van der Waals surface area contributed by atoms with Gasteiger partial charge in [0.15, 0.2) is 0 Å². The summed E-state index contributed by atoms with van der Waals surface area (Å²) in [6.07, 6.45) is 17.3. The minimum atomic E-state index is 0.321. The van der Waals surface area contributed by atoms with Crippen molar-refractivity contribution in [2.45, 2.75) is 83.7 Å². The summed E-state index contributed by atoms with van der Waals surface area (Å²) in [5.74, 6) is 0.321. The lowest BCUT2D eigenvalue weighted by Crippen LogP contribution is -2.27. The highest BCUT2D eigenvalue weighted by molar-refractivity contribution is 5.76. The van der Waals surface area contributed by atoms with Crippen LogP contribution in [0.4, 0.5) is 0 Å². The van der Waals surface area contributed by atoms with Crippen LogP contribution in [0.2, 0.25) is 0 Å². The number of hydrogen-bond acceptors (Lipinski definition) is 2. The molecule has 0 aliphatic carbocycles. The third-order valence-electron chi connectivity index (χ3n) is 4.51. The molecule has 0 unspecified atom stereocenters. The number of allylic oxidation sites excluding steroid dienone is 1. The molecule has 1 heterocycles. The number of likely N-dealkylation sites (tertiary alicyclic amines) is 1. The van der Waals surface area contributed by atoms with Crippen LogP contribution in [0.15, 0.2) is 12.2 Å². The lowest BCUT2D eigenvalue weighted by atomic mass is 10.1. The fourth-order valence-electron chi connectivity index (χ4n) is 3.00. The molecule has 0 N–H and O–H groups in total. The molecule has 1 amide bonds. The number of ether oxygens (including phenoxy) is 1. The molecule has 3 heteroatoms. The maximum atomic E-state index is 11.9. The molecule has 0 spiro atoms. The Morgan fingerprint density at radius 1 is 1.14 bits per heavy atom. The second-order valence-electron chi connectivity index (χ2n) is 6.39. The Kier molecular flexibility index (Phi) is 11.1. The van der Waals surface area contributed by atoms with Crippen LogP contribution in [0.25, 0.3) is 0 Å². The first kappa shape index (κ1) is 19.2. The van der Waals surface area contributed by atoms with Crippen molar-refractivity contribution in [1.29, 1.82) is 0 Å². The Balaban J connectivity index is 2.05. The van der Waals surface area contributed by atoms with Gasteiger partial charge in [-0.25, -0.2) is 0 Å². The molecule has 1 fully saturated rings. The van der Waals surface area contributed by atoms with E-state index in [0.717, 1.165) is 32.4 Å². The van der Waals surface area contributed by atoms with Gasteiger partial charge in [-0.3, -0.25) is 4.79 Å². The quantitative estimate of drug-likeness (QED) is 0.386. The first-order valence-electron chi connectivity index (χ1n) is 9.23. The number of hydrogen-bond donors (Lipinski definition) is 0. The molecular formula is C19H35NO2. The second kappa shape index (κ2) is 12.7. The molecule has 22 heavy (non-hydrogen) atoms. The zero-order valence-corrected chi connectivity index (χ0v) is 14.7. The molecule has 1 rings (SSSR count). The topological polar surface area (TPSA) is 29.5 Å². The summed E-state index contributed by atoms with van der Waals surface area (Å²) >= 11 is 0. The summed E-state index contributed by atoms with van der Waals surface area (Å²) in [6.45, 7) is 4.18. The molecule has 0 saturated carbocycles. The van der Waals surface area contributed by atoms with Gasteiger partial charge >= 0.3 is 0 Å². The van der Waals surface area contributed by atoms with Crippen LogP contribution >= 0.6 is 0 Å². The van der Waals surface area contributed by atoms with Crippen molar-refractivity contribution in [2.24, 2.45) is 0 Å². The van der Waals surface area contributed by atoms with Gasteiger partial charge in [-0.15, -0.1) is 0 Å². The van der Waals surface area contributed by atoms with E-state index in [1.807, 2.05) is 4.90 Å². The van der Waals surface area contributed by atoms with E-state index in [1.54, 1.807) is 7.11 Å². The van der Waals surface area contributed by atoms with Gasteiger partial charge in [0.2, 0.25) is 5.91 Å². The first-order chi connectivity index (χ1) is 10.8. The van der Waals surface area contributed by atoms with E-state index < -0.39 is 0 Å². The van der Waals surface area contributed by atoms with Crippen molar-refractivity contribution in [2.75, 3.05) is 20.2 Å². The average Bonchev–Trinajstić information content (AvgIpc) is 3.06. The normalized spacial score (nSPS) is 16.5. The molecule has 0 aromatic rings. The van der Waals surface area contributed by atoms with E-state index in [-0.39, 0.29) is 0 Å². The molecule has 1 aliphatic heterocycles. The van der Waals surface area contributed by atoms with Crippen LogP contribution in [0.5, 0.6) is 0 Å². The Labute approximate surface area is 137 Å². The van der Waals surface area contributed by atoms with Crippen LogP contribution < -0.4 is 0 Å². The molecule has 0 radical (unpaired) electrons. The van der Waals surface area contributed by atoms with Crippen LogP contribution in [0.3, 0.4) is 0 Å². The zero-order chi connectivity index (χ0) is 16.0. The van der Waals surface area contributed by atoms with Gasteiger partial charge in [0.1, 0.15) is 0 Å². The maximum absolute atomic E-state index is 11.9. The van der Waals surface area contributed by atoms with E-state index in [2.05, 4.69) is 19.1 Å².